The lowest BCUT2D eigenvalue weighted by Gasteiger charge is -2.51. The molecule has 0 saturated heterocycles. The Balaban J connectivity index is 1.40. The number of rotatable bonds is 8. The number of carbonyl (C=O) groups excluding carboxylic acids is 2. The lowest BCUT2D eigenvalue weighted by atomic mass is 9.54. The molecule has 10 N–H and O–H groups in total. The third-order valence-corrected chi connectivity index (χ3v) is 7.00. The quantitative estimate of drug-likeness (QED) is 0.167. The number of imidazole rings is 2. The van der Waals surface area contributed by atoms with Gasteiger partial charge in [-0.1, -0.05) is 0 Å². The molecule has 1 aliphatic carbocycles. The van der Waals surface area contributed by atoms with Gasteiger partial charge in [-0.3, -0.25) is 9.59 Å². The molecular weight excluding hydrogens is 516 g/mol. The first-order valence-electron chi connectivity index (χ1n) is 11.0. The molecule has 1 saturated carbocycles. The number of aromatic nitrogens is 6. The maximum atomic E-state index is 12.7. The number of halogens is 1. The first-order chi connectivity index (χ1) is 16.9. The lowest BCUT2D eigenvalue weighted by Crippen LogP contribution is -2.53. The van der Waals surface area contributed by atoms with Crippen molar-refractivity contribution in [3.8, 4) is 0 Å². The van der Waals surface area contributed by atoms with E-state index < -0.39 is 0 Å². The molecule has 1 fully saturated rings. The minimum atomic E-state index is -0.220. The van der Waals surface area contributed by atoms with Crippen LogP contribution in [0.1, 0.15) is 44.2 Å². The molecule has 4 heterocycles. The fourth-order valence-corrected chi connectivity index (χ4v) is 5.29. The molecule has 4 aromatic heterocycles. The first kappa shape index (κ1) is 22.8. The van der Waals surface area contributed by atoms with E-state index in [4.69, 9.17) is 11.5 Å². The van der Waals surface area contributed by atoms with Crippen LogP contribution >= 0.6 is 15.9 Å². The number of aromatic amines is 4. The molecule has 1 aliphatic rings. The Hall–Kier alpha value is -4.00. The number of hydrogen-bond donors (Lipinski definition) is 8. The van der Waals surface area contributed by atoms with E-state index >= 15 is 0 Å². The lowest BCUT2D eigenvalue weighted by molar-refractivity contribution is 0.0674. The summed E-state index contributed by atoms with van der Waals surface area (Å²) in [6, 6.07) is 5.20. The zero-order chi connectivity index (χ0) is 24.5. The van der Waals surface area contributed by atoms with Crippen LogP contribution in [0.3, 0.4) is 0 Å². The van der Waals surface area contributed by atoms with Gasteiger partial charge in [-0.2, -0.15) is 0 Å². The Bertz CT molecular complexity index is 1320. The molecule has 0 radical (unpaired) electrons. The van der Waals surface area contributed by atoms with E-state index in [0.29, 0.717) is 36.4 Å². The van der Waals surface area contributed by atoms with Crippen molar-refractivity contribution in [2.24, 2.45) is 11.8 Å². The van der Waals surface area contributed by atoms with Crippen molar-refractivity contribution >= 4 is 39.6 Å². The van der Waals surface area contributed by atoms with Gasteiger partial charge >= 0.3 is 0 Å². The standard InChI is InChI=1S/C22H25BrN10O2/c23-10-4-14(27-5-10)20(35)29-7-12-11(6-28-19(34)13-2-1-3-26-13)17(15-8-30-21(24)32-15)18(12)16-9-31-22(25)33-16/h1-5,8-9,11-12,17-18,26-27H,6-7H2,(H,28,34)(H,29,35)(H3,24,30,32)(H3,25,31,33)/t11-,12-,17-,18?/m1/s1. The number of H-pyrrole nitrogens is 4. The van der Waals surface area contributed by atoms with Crippen LogP contribution in [0, 0.1) is 11.8 Å². The van der Waals surface area contributed by atoms with E-state index in [-0.39, 0.29) is 35.5 Å². The van der Waals surface area contributed by atoms with E-state index in [2.05, 4.69) is 56.5 Å². The average molecular weight is 541 g/mol. The molecule has 12 nitrogen and oxygen atoms in total. The van der Waals surface area contributed by atoms with E-state index in [1.165, 1.54) is 0 Å². The summed E-state index contributed by atoms with van der Waals surface area (Å²) >= 11 is 3.35. The Morgan fingerprint density at radius 1 is 0.914 bits per heavy atom. The summed E-state index contributed by atoms with van der Waals surface area (Å²) in [5, 5.41) is 6.03. The van der Waals surface area contributed by atoms with Crippen molar-refractivity contribution in [3.63, 3.8) is 0 Å². The van der Waals surface area contributed by atoms with Crippen LogP contribution < -0.4 is 22.1 Å². The molecule has 13 heteroatoms. The topological polar surface area (TPSA) is 199 Å². The highest BCUT2D eigenvalue weighted by Gasteiger charge is 2.53. The van der Waals surface area contributed by atoms with Crippen molar-refractivity contribution in [3.05, 3.63) is 70.2 Å². The Labute approximate surface area is 208 Å². The van der Waals surface area contributed by atoms with Crippen LogP contribution in [0.5, 0.6) is 0 Å². The van der Waals surface area contributed by atoms with Crippen molar-refractivity contribution < 1.29 is 9.59 Å². The summed E-state index contributed by atoms with van der Waals surface area (Å²) in [7, 11) is 0. The number of nitrogens with one attached hydrogen (secondary N) is 6. The number of anilines is 2. The fourth-order valence-electron chi connectivity index (χ4n) is 4.95. The minimum absolute atomic E-state index is 0.0287. The molecule has 2 amide bonds. The molecule has 4 aromatic rings. The van der Waals surface area contributed by atoms with Crippen molar-refractivity contribution in [1.29, 1.82) is 0 Å². The predicted octanol–water partition coefficient (Wildman–Crippen LogP) is 1.69. The number of nitrogens with zero attached hydrogens (tertiary/aromatic N) is 2. The van der Waals surface area contributed by atoms with Crippen LogP contribution in [0.25, 0.3) is 0 Å². The number of nitrogen functional groups attached to an aromatic ring is 2. The molecule has 5 rings (SSSR count). The number of carbonyl (C=O) groups is 2. The highest BCUT2D eigenvalue weighted by atomic mass is 79.9. The van der Waals surface area contributed by atoms with Crippen LogP contribution in [0.2, 0.25) is 0 Å². The van der Waals surface area contributed by atoms with Gasteiger partial charge in [-0.15, -0.1) is 0 Å². The molecule has 0 aliphatic heterocycles. The zero-order valence-electron chi connectivity index (χ0n) is 18.5. The summed E-state index contributed by atoms with van der Waals surface area (Å²) < 4.78 is 0.791. The van der Waals surface area contributed by atoms with Crippen molar-refractivity contribution in [1.82, 2.24) is 40.5 Å². The SMILES string of the molecule is Nc1ncc(C2[C@@H](c3cnc(N)[nH]3)[C@H](CNC(=O)c3ccc[nH]3)[C@H]2CNC(=O)c2cc(Br)c[nH]2)[nH]1. The minimum Gasteiger partial charge on any atom is -0.369 e. The second kappa shape index (κ2) is 9.33. The van der Waals surface area contributed by atoms with Gasteiger partial charge in [0.25, 0.3) is 11.8 Å². The highest BCUT2D eigenvalue weighted by Crippen LogP contribution is 2.56. The maximum Gasteiger partial charge on any atom is 0.267 e. The van der Waals surface area contributed by atoms with Crippen molar-refractivity contribution in [2.45, 2.75) is 11.8 Å². The molecule has 0 bridgehead atoms. The Kier molecular flexibility index (Phi) is 6.07. The van der Waals surface area contributed by atoms with Gasteiger partial charge in [0, 0.05) is 53.2 Å². The zero-order valence-corrected chi connectivity index (χ0v) is 20.1. The van der Waals surface area contributed by atoms with Crippen LogP contribution in [-0.2, 0) is 0 Å². The first-order valence-corrected chi connectivity index (χ1v) is 11.8. The molecule has 0 aromatic carbocycles. The van der Waals surface area contributed by atoms with Gasteiger partial charge in [0.1, 0.15) is 11.4 Å². The summed E-state index contributed by atoms with van der Waals surface area (Å²) in [5.41, 5.74) is 14.4. The van der Waals surface area contributed by atoms with E-state index in [1.807, 2.05) is 0 Å². The number of hydrogen-bond acceptors (Lipinski definition) is 6. The van der Waals surface area contributed by atoms with E-state index in [0.717, 1.165) is 15.9 Å². The summed E-state index contributed by atoms with van der Waals surface area (Å²) in [6.07, 6.45) is 6.81. The van der Waals surface area contributed by atoms with Gasteiger partial charge in [-0.25, -0.2) is 9.97 Å². The molecular formula is C22H25BrN10O2. The van der Waals surface area contributed by atoms with Crippen LogP contribution in [0.15, 0.2) is 47.5 Å². The van der Waals surface area contributed by atoms with E-state index in [1.54, 1.807) is 43.0 Å². The van der Waals surface area contributed by atoms with E-state index in [9.17, 15) is 9.59 Å². The monoisotopic (exact) mass is 540 g/mol. The average Bonchev–Trinajstić information content (AvgIpc) is 3.62. The molecule has 4 atom stereocenters. The molecule has 35 heavy (non-hydrogen) atoms. The van der Waals surface area contributed by atoms with Gasteiger partial charge < -0.3 is 42.0 Å². The number of amides is 2. The Morgan fingerprint density at radius 3 is 1.91 bits per heavy atom. The van der Waals surface area contributed by atoms with Crippen LogP contribution in [-0.4, -0.2) is 54.8 Å². The van der Waals surface area contributed by atoms with Crippen LogP contribution in [0.4, 0.5) is 11.9 Å². The molecule has 182 valence electrons. The third kappa shape index (κ3) is 4.54. The highest BCUT2D eigenvalue weighted by molar-refractivity contribution is 9.10. The van der Waals surface area contributed by atoms with Gasteiger partial charge in [0.2, 0.25) is 0 Å². The summed E-state index contributed by atoms with van der Waals surface area (Å²) in [4.78, 5) is 45.8. The largest absolute Gasteiger partial charge is 0.369 e. The fraction of sp³-hybridized carbons (Fsp3) is 0.273. The Morgan fingerprint density at radius 2 is 1.49 bits per heavy atom. The molecule has 0 spiro atoms. The molecule has 1 unspecified atom stereocenters. The second-order valence-electron chi connectivity index (χ2n) is 8.56. The maximum absolute atomic E-state index is 12.7. The number of nitrogens with two attached hydrogens (primary N) is 2. The summed E-state index contributed by atoms with van der Waals surface area (Å²) in [6.45, 7) is 0.762. The second-order valence-corrected chi connectivity index (χ2v) is 9.48. The third-order valence-electron chi connectivity index (χ3n) is 6.54. The van der Waals surface area contributed by atoms with Gasteiger partial charge in [-0.05, 0) is 46.0 Å². The smallest absolute Gasteiger partial charge is 0.267 e. The van der Waals surface area contributed by atoms with Gasteiger partial charge in [0.05, 0.1) is 12.4 Å². The normalized spacial score (nSPS) is 21.4. The van der Waals surface area contributed by atoms with Crippen molar-refractivity contribution in [2.75, 3.05) is 24.6 Å². The predicted molar refractivity (Wildman–Crippen MR) is 132 cm³/mol. The summed E-state index contributed by atoms with van der Waals surface area (Å²) in [5.74, 6) is 0.00658. The van der Waals surface area contributed by atoms with Gasteiger partial charge in [0.15, 0.2) is 11.9 Å².